The van der Waals surface area contributed by atoms with E-state index in [1.807, 2.05) is 32.0 Å². The minimum absolute atomic E-state index is 0.208. The van der Waals surface area contributed by atoms with E-state index < -0.39 is 0 Å². The number of nitrogens with zero attached hydrogens (tertiary/aromatic N) is 3. The van der Waals surface area contributed by atoms with Crippen LogP contribution in [0.5, 0.6) is 11.5 Å². The SMILES string of the molecule is CCc1nnsc1C(=O)Nc1nc(C)c(Cc2ccc3c(c2)OCO3)s1. The number of anilines is 1. The van der Waals surface area contributed by atoms with Gasteiger partial charge in [0.25, 0.3) is 5.91 Å². The van der Waals surface area contributed by atoms with Gasteiger partial charge in [-0.15, -0.1) is 16.4 Å². The third-order valence-electron chi connectivity index (χ3n) is 4.01. The Morgan fingerprint density at radius 1 is 1.31 bits per heavy atom. The second kappa shape index (κ2) is 7.00. The van der Waals surface area contributed by atoms with Gasteiger partial charge < -0.3 is 9.47 Å². The van der Waals surface area contributed by atoms with Gasteiger partial charge in [0.05, 0.1) is 11.4 Å². The second-order valence-electron chi connectivity index (χ2n) is 5.75. The Morgan fingerprint density at radius 2 is 2.15 bits per heavy atom. The van der Waals surface area contributed by atoms with Gasteiger partial charge in [-0.05, 0) is 42.6 Å². The fourth-order valence-corrected chi connectivity index (χ4v) is 4.29. The van der Waals surface area contributed by atoms with Crippen molar-refractivity contribution >= 4 is 33.9 Å². The molecule has 4 rings (SSSR count). The first-order valence-corrected chi connectivity index (χ1v) is 9.70. The van der Waals surface area contributed by atoms with Crippen molar-refractivity contribution in [1.29, 1.82) is 0 Å². The van der Waals surface area contributed by atoms with Crippen molar-refractivity contribution in [3.05, 3.63) is 44.9 Å². The molecular formula is C17H16N4O3S2. The molecule has 0 fully saturated rings. The Kier molecular flexibility index (Phi) is 4.56. The normalized spacial score (nSPS) is 12.4. The molecule has 134 valence electrons. The summed E-state index contributed by atoms with van der Waals surface area (Å²) in [5.41, 5.74) is 2.72. The fourth-order valence-electron chi connectivity index (χ4n) is 2.65. The summed E-state index contributed by atoms with van der Waals surface area (Å²) >= 11 is 2.58. The first-order chi connectivity index (χ1) is 12.6. The van der Waals surface area contributed by atoms with Gasteiger partial charge in [-0.2, -0.15) is 0 Å². The van der Waals surface area contributed by atoms with Crippen LogP contribution >= 0.6 is 22.9 Å². The summed E-state index contributed by atoms with van der Waals surface area (Å²) in [6.07, 6.45) is 1.39. The number of ether oxygens (including phenoxy) is 2. The van der Waals surface area contributed by atoms with Gasteiger partial charge in [0, 0.05) is 11.3 Å². The zero-order valence-corrected chi connectivity index (χ0v) is 15.9. The summed E-state index contributed by atoms with van der Waals surface area (Å²) in [5, 5.41) is 7.42. The van der Waals surface area contributed by atoms with Crippen LogP contribution in [-0.2, 0) is 12.8 Å². The largest absolute Gasteiger partial charge is 0.454 e. The average molecular weight is 388 g/mol. The molecule has 0 atom stereocenters. The molecule has 0 aliphatic carbocycles. The van der Waals surface area contributed by atoms with Crippen molar-refractivity contribution in [1.82, 2.24) is 14.6 Å². The number of aryl methyl sites for hydroxylation is 2. The van der Waals surface area contributed by atoms with Crippen molar-refractivity contribution < 1.29 is 14.3 Å². The number of hydrogen-bond acceptors (Lipinski definition) is 8. The van der Waals surface area contributed by atoms with E-state index in [0.29, 0.717) is 22.1 Å². The predicted molar refractivity (Wildman–Crippen MR) is 99.5 cm³/mol. The molecule has 3 aromatic rings. The predicted octanol–water partition coefficient (Wildman–Crippen LogP) is 3.44. The lowest BCUT2D eigenvalue weighted by Crippen LogP contribution is -2.12. The van der Waals surface area contributed by atoms with Gasteiger partial charge in [-0.25, -0.2) is 4.98 Å². The summed E-state index contributed by atoms with van der Waals surface area (Å²) in [6.45, 7) is 4.16. The van der Waals surface area contributed by atoms with Gasteiger partial charge in [0.2, 0.25) is 6.79 Å². The van der Waals surface area contributed by atoms with Crippen LogP contribution in [-0.4, -0.2) is 27.3 Å². The number of hydrogen-bond donors (Lipinski definition) is 1. The summed E-state index contributed by atoms with van der Waals surface area (Å²) in [7, 11) is 0. The Hall–Kier alpha value is -2.52. The molecule has 1 N–H and O–H groups in total. The molecule has 0 spiro atoms. The highest BCUT2D eigenvalue weighted by Gasteiger charge is 2.18. The van der Waals surface area contributed by atoms with E-state index in [9.17, 15) is 4.79 Å². The highest BCUT2D eigenvalue weighted by atomic mass is 32.1. The van der Waals surface area contributed by atoms with Gasteiger partial charge in [-0.3, -0.25) is 10.1 Å². The van der Waals surface area contributed by atoms with E-state index in [1.54, 1.807) is 0 Å². The quantitative estimate of drug-likeness (QED) is 0.721. The van der Waals surface area contributed by atoms with Crippen LogP contribution in [0.1, 0.15) is 38.4 Å². The average Bonchev–Trinajstić information content (AvgIpc) is 3.35. The second-order valence-corrected chi connectivity index (χ2v) is 7.59. The fraction of sp³-hybridized carbons (Fsp3) is 0.294. The zero-order valence-electron chi connectivity index (χ0n) is 14.2. The lowest BCUT2D eigenvalue weighted by atomic mass is 10.1. The first-order valence-electron chi connectivity index (χ1n) is 8.11. The summed E-state index contributed by atoms with van der Waals surface area (Å²) in [4.78, 5) is 18.5. The van der Waals surface area contributed by atoms with Crippen molar-refractivity contribution in [2.45, 2.75) is 26.7 Å². The monoisotopic (exact) mass is 388 g/mol. The number of carbonyl (C=O) groups is 1. The number of fused-ring (bicyclic) bond motifs is 1. The summed E-state index contributed by atoms with van der Waals surface area (Å²) < 4.78 is 14.6. The maximum atomic E-state index is 12.4. The van der Waals surface area contributed by atoms with Crippen LogP contribution in [0.3, 0.4) is 0 Å². The van der Waals surface area contributed by atoms with Gasteiger partial charge in [-0.1, -0.05) is 17.5 Å². The first kappa shape index (κ1) is 16.9. The lowest BCUT2D eigenvalue weighted by molar-refractivity contribution is 0.102. The molecular weight excluding hydrogens is 372 g/mol. The highest BCUT2D eigenvalue weighted by molar-refractivity contribution is 7.16. The standard InChI is InChI=1S/C17H16N4O3S2/c1-3-11-15(26-21-20-11)16(22)19-17-18-9(2)14(25-17)7-10-4-5-12-13(6-10)24-8-23-12/h4-6H,3,7-8H2,1-2H3,(H,18,19,22). The third kappa shape index (κ3) is 3.27. The third-order valence-corrected chi connectivity index (χ3v) is 5.85. The Balaban J connectivity index is 1.50. The smallest absolute Gasteiger partial charge is 0.271 e. The van der Waals surface area contributed by atoms with Crippen LogP contribution in [0, 0.1) is 6.92 Å². The molecule has 26 heavy (non-hydrogen) atoms. The van der Waals surface area contributed by atoms with Crippen LogP contribution < -0.4 is 14.8 Å². The topological polar surface area (TPSA) is 86.2 Å². The minimum Gasteiger partial charge on any atom is -0.454 e. The van der Waals surface area contributed by atoms with Crippen LogP contribution in [0.25, 0.3) is 0 Å². The summed E-state index contributed by atoms with van der Waals surface area (Å²) in [6, 6.07) is 5.91. The molecule has 0 radical (unpaired) electrons. The molecule has 9 heteroatoms. The number of aromatic nitrogens is 3. The number of rotatable bonds is 5. The van der Waals surface area contributed by atoms with E-state index in [-0.39, 0.29) is 12.7 Å². The van der Waals surface area contributed by atoms with Crippen LogP contribution in [0.4, 0.5) is 5.13 Å². The molecule has 1 aromatic carbocycles. The highest BCUT2D eigenvalue weighted by Crippen LogP contribution is 2.34. The van der Waals surface area contributed by atoms with Crippen molar-refractivity contribution in [3.63, 3.8) is 0 Å². The maximum Gasteiger partial charge on any atom is 0.271 e. The van der Waals surface area contributed by atoms with E-state index in [1.165, 1.54) is 11.3 Å². The van der Waals surface area contributed by atoms with Crippen molar-refractivity contribution in [3.8, 4) is 11.5 Å². The lowest BCUT2D eigenvalue weighted by Gasteiger charge is -2.02. The van der Waals surface area contributed by atoms with Gasteiger partial charge in [0.1, 0.15) is 4.88 Å². The van der Waals surface area contributed by atoms with E-state index in [4.69, 9.17) is 9.47 Å². The summed E-state index contributed by atoms with van der Waals surface area (Å²) in [5.74, 6) is 1.33. The van der Waals surface area contributed by atoms with E-state index in [2.05, 4.69) is 19.9 Å². The van der Waals surface area contributed by atoms with Crippen LogP contribution in [0.2, 0.25) is 0 Å². The number of benzene rings is 1. The molecule has 1 aliphatic rings. The van der Waals surface area contributed by atoms with Crippen LogP contribution in [0.15, 0.2) is 18.2 Å². The number of carbonyl (C=O) groups excluding carboxylic acids is 1. The van der Waals surface area contributed by atoms with E-state index in [0.717, 1.165) is 45.6 Å². The Morgan fingerprint density at radius 3 is 3.00 bits per heavy atom. The Bertz CT molecular complexity index is 967. The molecule has 3 heterocycles. The molecule has 2 aromatic heterocycles. The van der Waals surface area contributed by atoms with Gasteiger partial charge >= 0.3 is 0 Å². The molecule has 1 amide bonds. The molecule has 1 aliphatic heterocycles. The molecule has 7 nitrogen and oxygen atoms in total. The number of nitrogens with one attached hydrogen (secondary N) is 1. The van der Waals surface area contributed by atoms with Crippen molar-refractivity contribution in [2.75, 3.05) is 12.1 Å². The van der Waals surface area contributed by atoms with Gasteiger partial charge in [0.15, 0.2) is 16.6 Å². The Labute approximate surface area is 158 Å². The van der Waals surface area contributed by atoms with Crippen molar-refractivity contribution in [2.24, 2.45) is 0 Å². The van der Waals surface area contributed by atoms with E-state index >= 15 is 0 Å². The molecule has 0 unspecified atom stereocenters. The maximum absolute atomic E-state index is 12.4. The molecule has 0 saturated carbocycles. The number of thiazole rings is 1. The minimum atomic E-state index is -0.208. The molecule has 0 bridgehead atoms. The zero-order chi connectivity index (χ0) is 18.1. The molecule has 0 saturated heterocycles. The number of amides is 1.